The first-order valence-electron chi connectivity index (χ1n) is 4.77. The smallest absolute Gasteiger partial charge is 0.151 e. The van der Waals surface area contributed by atoms with Crippen LogP contribution in [0.4, 0.5) is 0 Å². The number of nitrogens with one attached hydrogen (secondary N) is 2. The summed E-state index contributed by atoms with van der Waals surface area (Å²) in [6, 6.07) is 4.22. The molecule has 1 fully saturated rings. The maximum atomic E-state index is 5.63. The van der Waals surface area contributed by atoms with Crippen LogP contribution in [0.25, 0.3) is 0 Å². The third kappa shape index (κ3) is 2.64. The first kappa shape index (κ1) is 9.83. The molecule has 0 aliphatic carbocycles. The van der Waals surface area contributed by atoms with Crippen molar-refractivity contribution in [2.24, 2.45) is 0 Å². The Hall–Kier alpha value is -0.710. The molecule has 0 bridgehead atoms. The summed E-state index contributed by atoms with van der Waals surface area (Å²) in [6.07, 6.45) is 1.18. The molecule has 0 amide bonds. The summed E-state index contributed by atoms with van der Waals surface area (Å²) in [6.45, 7) is 2.90. The Labute approximate surface area is 88.1 Å². The maximum absolute atomic E-state index is 5.63. The van der Waals surface area contributed by atoms with Gasteiger partial charge in [0.1, 0.15) is 0 Å². The molecule has 14 heavy (non-hydrogen) atoms. The Morgan fingerprint density at radius 2 is 2.43 bits per heavy atom. The van der Waals surface area contributed by atoms with E-state index in [2.05, 4.69) is 20.8 Å². The van der Waals surface area contributed by atoms with Crippen molar-refractivity contribution in [2.45, 2.75) is 19.0 Å². The molecule has 0 saturated carbocycles. The van der Waals surface area contributed by atoms with Gasteiger partial charge in [-0.25, -0.2) is 0 Å². The van der Waals surface area contributed by atoms with Crippen LogP contribution in [0.3, 0.4) is 0 Å². The van der Waals surface area contributed by atoms with Crippen molar-refractivity contribution in [3.8, 4) is 0 Å². The summed E-state index contributed by atoms with van der Waals surface area (Å²) in [5.41, 5.74) is 0.932. The highest BCUT2D eigenvalue weighted by atomic mass is 35.5. The van der Waals surface area contributed by atoms with Gasteiger partial charge in [0.05, 0.1) is 5.69 Å². The lowest BCUT2D eigenvalue weighted by Crippen LogP contribution is -2.30. The van der Waals surface area contributed by atoms with Crippen molar-refractivity contribution >= 4 is 11.6 Å². The summed E-state index contributed by atoms with van der Waals surface area (Å²) in [5, 5.41) is 14.9. The summed E-state index contributed by atoms with van der Waals surface area (Å²) < 4.78 is 0. The zero-order chi connectivity index (χ0) is 9.80. The first-order valence-corrected chi connectivity index (χ1v) is 5.14. The highest BCUT2D eigenvalue weighted by Crippen LogP contribution is 2.03. The van der Waals surface area contributed by atoms with Gasteiger partial charge >= 0.3 is 0 Å². The van der Waals surface area contributed by atoms with E-state index in [-0.39, 0.29) is 0 Å². The fraction of sp³-hybridized carbons (Fsp3) is 0.556. The van der Waals surface area contributed by atoms with Crippen LogP contribution in [0.1, 0.15) is 12.1 Å². The molecule has 1 saturated heterocycles. The Balaban J connectivity index is 1.82. The maximum Gasteiger partial charge on any atom is 0.151 e. The summed E-state index contributed by atoms with van der Waals surface area (Å²) in [4.78, 5) is 0. The van der Waals surface area contributed by atoms with Crippen molar-refractivity contribution in [2.75, 3.05) is 13.1 Å². The Morgan fingerprint density at radius 3 is 3.07 bits per heavy atom. The molecule has 2 heterocycles. The Morgan fingerprint density at radius 1 is 1.50 bits per heavy atom. The van der Waals surface area contributed by atoms with Gasteiger partial charge in [0.15, 0.2) is 5.15 Å². The van der Waals surface area contributed by atoms with E-state index in [1.54, 1.807) is 6.07 Å². The molecular weight excluding hydrogens is 200 g/mol. The molecule has 5 heteroatoms. The number of hydrogen-bond acceptors (Lipinski definition) is 4. The molecule has 76 valence electrons. The van der Waals surface area contributed by atoms with Crippen molar-refractivity contribution in [3.63, 3.8) is 0 Å². The number of hydrogen-bond donors (Lipinski definition) is 2. The van der Waals surface area contributed by atoms with Crippen molar-refractivity contribution in [3.05, 3.63) is 23.0 Å². The zero-order valence-corrected chi connectivity index (χ0v) is 8.59. The average Bonchev–Trinajstić information content (AvgIpc) is 2.70. The molecule has 1 aromatic rings. The van der Waals surface area contributed by atoms with Gasteiger partial charge in [-0.3, -0.25) is 0 Å². The van der Waals surface area contributed by atoms with Crippen LogP contribution in [0.5, 0.6) is 0 Å². The van der Waals surface area contributed by atoms with Gasteiger partial charge in [0.2, 0.25) is 0 Å². The van der Waals surface area contributed by atoms with Gasteiger partial charge < -0.3 is 10.6 Å². The predicted octanol–water partition coefficient (Wildman–Crippen LogP) is 0.581. The van der Waals surface area contributed by atoms with Crippen LogP contribution < -0.4 is 10.6 Å². The lowest BCUT2D eigenvalue weighted by molar-refractivity contribution is 0.539. The third-order valence-corrected chi connectivity index (χ3v) is 2.52. The highest BCUT2D eigenvalue weighted by Gasteiger charge is 2.13. The number of nitrogens with zero attached hydrogens (tertiary/aromatic N) is 2. The second-order valence-corrected chi connectivity index (χ2v) is 3.81. The standard InChI is InChI=1S/C9H13ClN4/c10-9-2-1-8(13-14-9)6-12-7-3-4-11-5-7/h1-2,7,11-12H,3-6H2. The molecule has 1 aliphatic heterocycles. The average molecular weight is 213 g/mol. The lowest BCUT2D eigenvalue weighted by Gasteiger charge is -2.09. The van der Waals surface area contributed by atoms with Gasteiger partial charge in [-0.05, 0) is 25.1 Å². The molecular formula is C9H13ClN4. The van der Waals surface area contributed by atoms with Crippen molar-refractivity contribution in [1.82, 2.24) is 20.8 Å². The first-order chi connectivity index (χ1) is 6.84. The zero-order valence-electron chi connectivity index (χ0n) is 7.83. The van der Waals surface area contributed by atoms with Gasteiger partial charge in [-0.1, -0.05) is 11.6 Å². The third-order valence-electron chi connectivity index (χ3n) is 2.32. The summed E-state index contributed by atoms with van der Waals surface area (Å²) >= 11 is 5.63. The fourth-order valence-corrected chi connectivity index (χ4v) is 1.62. The van der Waals surface area contributed by atoms with E-state index < -0.39 is 0 Å². The van der Waals surface area contributed by atoms with Crippen molar-refractivity contribution in [1.29, 1.82) is 0 Å². The monoisotopic (exact) mass is 212 g/mol. The molecule has 1 unspecified atom stereocenters. The van der Waals surface area contributed by atoms with Crippen LogP contribution in [0.15, 0.2) is 12.1 Å². The molecule has 1 aliphatic rings. The number of halogens is 1. The molecule has 0 radical (unpaired) electrons. The van der Waals surface area contributed by atoms with Gasteiger partial charge in [-0.15, -0.1) is 5.10 Å². The van der Waals surface area contributed by atoms with E-state index in [1.165, 1.54) is 6.42 Å². The summed E-state index contributed by atoms with van der Waals surface area (Å²) in [5.74, 6) is 0. The van der Waals surface area contributed by atoms with E-state index in [4.69, 9.17) is 11.6 Å². The van der Waals surface area contributed by atoms with Crippen LogP contribution >= 0.6 is 11.6 Å². The van der Waals surface area contributed by atoms with E-state index >= 15 is 0 Å². The normalized spacial score (nSPS) is 21.4. The second-order valence-electron chi connectivity index (χ2n) is 3.42. The van der Waals surface area contributed by atoms with Gasteiger partial charge in [-0.2, -0.15) is 5.10 Å². The minimum Gasteiger partial charge on any atom is -0.315 e. The minimum atomic E-state index is 0.441. The van der Waals surface area contributed by atoms with E-state index in [0.717, 1.165) is 25.3 Å². The molecule has 2 rings (SSSR count). The number of rotatable bonds is 3. The quantitative estimate of drug-likeness (QED) is 0.770. The largest absolute Gasteiger partial charge is 0.315 e. The van der Waals surface area contributed by atoms with Crippen LogP contribution in [-0.4, -0.2) is 29.3 Å². The van der Waals surface area contributed by atoms with Crippen LogP contribution in [0, 0.1) is 0 Å². The topological polar surface area (TPSA) is 49.8 Å². The lowest BCUT2D eigenvalue weighted by atomic mass is 10.2. The fourth-order valence-electron chi connectivity index (χ4n) is 1.52. The Bertz CT molecular complexity index is 281. The van der Waals surface area contributed by atoms with Crippen LogP contribution in [-0.2, 0) is 6.54 Å². The van der Waals surface area contributed by atoms with Gasteiger partial charge in [0, 0.05) is 19.1 Å². The van der Waals surface area contributed by atoms with Crippen molar-refractivity contribution < 1.29 is 0 Å². The molecule has 0 spiro atoms. The molecule has 1 aromatic heterocycles. The minimum absolute atomic E-state index is 0.441. The molecule has 0 aromatic carbocycles. The van der Waals surface area contributed by atoms with E-state index in [9.17, 15) is 0 Å². The Kier molecular flexibility index (Phi) is 3.29. The van der Waals surface area contributed by atoms with Crippen LogP contribution in [0.2, 0.25) is 5.15 Å². The molecule has 1 atom stereocenters. The molecule has 2 N–H and O–H groups in total. The summed E-state index contributed by atoms with van der Waals surface area (Å²) in [7, 11) is 0. The second kappa shape index (κ2) is 4.68. The SMILES string of the molecule is Clc1ccc(CNC2CCNC2)nn1. The van der Waals surface area contributed by atoms with E-state index in [0.29, 0.717) is 11.2 Å². The number of aromatic nitrogens is 2. The van der Waals surface area contributed by atoms with E-state index in [1.807, 2.05) is 6.07 Å². The van der Waals surface area contributed by atoms with Gasteiger partial charge in [0.25, 0.3) is 0 Å². The molecule has 4 nitrogen and oxygen atoms in total. The highest BCUT2D eigenvalue weighted by molar-refractivity contribution is 6.29. The predicted molar refractivity (Wildman–Crippen MR) is 55.2 cm³/mol.